The molecule has 2 bridgehead atoms. The van der Waals surface area contributed by atoms with Crippen LogP contribution in [0.2, 0.25) is 0 Å². The van der Waals surface area contributed by atoms with Crippen molar-refractivity contribution in [3.63, 3.8) is 0 Å². The fourth-order valence-corrected chi connectivity index (χ4v) is 4.91. The van der Waals surface area contributed by atoms with E-state index in [2.05, 4.69) is 10.2 Å². The standard InChI is InChI=1S/C19H25FN2O3/c20-14-3-1-13(2-4-14)6-8-21-18(24)10-22-9-16-15(11-23)17-5-7-19(16,12-22)25-17/h1-4,15-17,23H,5-12H2,(H,21,24)/t15-,16+,17+,19+/m0/s1. The lowest BCUT2D eigenvalue weighted by Gasteiger charge is -2.28. The number of benzene rings is 1. The third-order valence-corrected chi connectivity index (χ3v) is 6.08. The summed E-state index contributed by atoms with van der Waals surface area (Å²) in [5.41, 5.74) is 0.874. The molecule has 0 unspecified atom stereocenters. The van der Waals surface area contributed by atoms with E-state index in [0.717, 1.165) is 31.5 Å². The minimum Gasteiger partial charge on any atom is -0.396 e. The molecule has 0 radical (unpaired) electrons. The smallest absolute Gasteiger partial charge is 0.234 e. The first-order valence-electron chi connectivity index (χ1n) is 9.12. The highest BCUT2D eigenvalue weighted by Gasteiger charge is 2.62. The third kappa shape index (κ3) is 3.18. The molecular formula is C19H25FN2O3. The van der Waals surface area contributed by atoms with Gasteiger partial charge in [-0.2, -0.15) is 0 Å². The summed E-state index contributed by atoms with van der Waals surface area (Å²) in [6, 6.07) is 6.36. The number of carbonyl (C=O) groups is 1. The molecule has 3 heterocycles. The van der Waals surface area contributed by atoms with Crippen molar-refractivity contribution in [1.82, 2.24) is 10.2 Å². The Morgan fingerprint density at radius 3 is 2.96 bits per heavy atom. The predicted octanol–water partition coefficient (Wildman–Crippen LogP) is 0.956. The number of ether oxygens (including phenoxy) is 1. The molecule has 0 aromatic heterocycles. The molecule has 25 heavy (non-hydrogen) atoms. The molecule has 0 saturated carbocycles. The van der Waals surface area contributed by atoms with Gasteiger partial charge in [0.2, 0.25) is 5.91 Å². The zero-order valence-corrected chi connectivity index (χ0v) is 14.3. The third-order valence-electron chi connectivity index (χ3n) is 6.08. The molecule has 3 saturated heterocycles. The van der Waals surface area contributed by atoms with E-state index in [1.54, 1.807) is 12.1 Å². The van der Waals surface area contributed by atoms with Crippen molar-refractivity contribution in [2.24, 2.45) is 11.8 Å². The summed E-state index contributed by atoms with van der Waals surface area (Å²) in [6.45, 7) is 2.70. The van der Waals surface area contributed by atoms with Crippen LogP contribution in [0.1, 0.15) is 18.4 Å². The number of amides is 1. The number of nitrogens with zero attached hydrogens (tertiary/aromatic N) is 1. The lowest BCUT2D eigenvalue weighted by Crippen LogP contribution is -2.39. The van der Waals surface area contributed by atoms with Gasteiger partial charge >= 0.3 is 0 Å². The summed E-state index contributed by atoms with van der Waals surface area (Å²) >= 11 is 0. The monoisotopic (exact) mass is 348 g/mol. The Labute approximate surface area is 147 Å². The number of aliphatic hydroxyl groups is 1. The van der Waals surface area contributed by atoms with Crippen molar-refractivity contribution in [3.8, 4) is 0 Å². The highest BCUT2D eigenvalue weighted by Crippen LogP contribution is 2.54. The number of fused-ring (bicyclic) bond motifs is 1. The molecular weight excluding hydrogens is 323 g/mol. The molecule has 1 spiro atoms. The Bertz CT molecular complexity index is 638. The van der Waals surface area contributed by atoms with E-state index in [9.17, 15) is 14.3 Å². The maximum Gasteiger partial charge on any atom is 0.234 e. The maximum atomic E-state index is 12.9. The number of hydrogen-bond acceptors (Lipinski definition) is 4. The fourth-order valence-electron chi connectivity index (χ4n) is 4.91. The van der Waals surface area contributed by atoms with Crippen molar-refractivity contribution in [3.05, 3.63) is 35.6 Å². The molecule has 3 aliphatic rings. The van der Waals surface area contributed by atoms with Gasteiger partial charge in [-0.1, -0.05) is 12.1 Å². The highest BCUT2D eigenvalue weighted by atomic mass is 19.1. The van der Waals surface area contributed by atoms with Gasteiger partial charge in [0.15, 0.2) is 0 Å². The van der Waals surface area contributed by atoms with Gasteiger partial charge in [-0.3, -0.25) is 9.69 Å². The summed E-state index contributed by atoms with van der Waals surface area (Å²) in [6.07, 6.45) is 2.97. The first kappa shape index (κ1) is 16.9. The van der Waals surface area contributed by atoms with E-state index >= 15 is 0 Å². The number of carbonyl (C=O) groups excluding carboxylic acids is 1. The SMILES string of the molecule is O=C(CN1C[C@@H]2[C@H](CO)[C@H]3CC[C@]2(C1)O3)NCCc1ccc(F)cc1. The number of hydrogen-bond donors (Lipinski definition) is 2. The van der Waals surface area contributed by atoms with Gasteiger partial charge in [-0.05, 0) is 37.0 Å². The second kappa shape index (κ2) is 6.67. The summed E-state index contributed by atoms with van der Waals surface area (Å²) < 4.78 is 19.1. The largest absolute Gasteiger partial charge is 0.396 e. The number of nitrogens with one attached hydrogen (secondary N) is 1. The molecule has 1 amide bonds. The summed E-state index contributed by atoms with van der Waals surface area (Å²) in [5.74, 6) is 0.335. The predicted molar refractivity (Wildman–Crippen MR) is 90.5 cm³/mol. The summed E-state index contributed by atoms with van der Waals surface area (Å²) in [7, 11) is 0. The molecule has 5 nitrogen and oxygen atoms in total. The first-order valence-corrected chi connectivity index (χ1v) is 9.12. The molecule has 136 valence electrons. The van der Waals surface area contributed by atoms with E-state index in [-0.39, 0.29) is 36.0 Å². The first-order chi connectivity index (χ1) is 12.1. The molecule has 1 aromatic rings. The molecule has 0 aliphatic carbocycles. The molecule has 3 fully saturated rings. The van der Waals surface area contributed by atoms with Gasteiger partial charge in [0.25, 0.3) is 0 Å². The maximum absolute atomic E-state index is 12.9. The number of aliphatic hydroxyl groups excluding tert-OH is 1. The van der Waals surface area contributed by atoms with Gasteiger partial charge in [0.05, 0.1) is 18.2 Å². The van der Waals surface area contributed by atoms with Crippen molar-refractivity contribution in [2.75, 3.05) is 32.8 Å². The van der Waals surface area contributed by atoms with Crippen LogP contribution in [-0.4, -0.2) is 60.4 Å². The van der Waals surface area contributed by atoms with Crippen LogP contribution < -0.4 is 5.32 Å². The van der Waals surface area contributed by atoms with Crippen LogP contribution in [0.3, 0.4) is 0 Å². The van der Waals surface area contributed by atoms with E-state index < -0.39 is 0 Å². The molecule has 2 N–H and O–H groups in total. The Kier molecular flexibility index (Phi) is 4.52. The quantitative estimate of drug-likeness (QED) is 0.804. The van der Waals surface area contributed by atoms with E-state index in [1.165, 1.54) is 12.1 Å². The van der Waals surface area contributed by atoms with Crippen LogP contribution in [-0.2, 0) is 16.0 Å². The molecule has 4 atom stereocenters. The lowest BCUT2D eigenvalue weighted by molar-refractivity contribution is -0.122. The van der Waals surface area contributed by atoms with Crippen LogP contribution in [0.25, 0.3) is 0 Å². The van der Waals surface area contributed by atoms with Crippen LogP contribution >= 0.6 is 0 Å². The molecule has 4 rings (SSSR count). The van der Waals surface area contributed by atoms with Gasteiger partial charge in [0.1, 0.15) is 5.82 Å². The van der Waals surface area contributed by atoms with Gasteiger partial charge in [-0.25, -0.2) is 4.39 Å². The Morgan fingerprint density at radius 2 is 2.20 bits per heavy atom. The minimum absolute atomic E-state index is 0.00794. The number of rotatable bonds is 6. The van der Waals surface area contributed by atoms with Crippen molar-refractivity contribution in [2.45, 2.75) is 31.0 Å². The fraction of sp³-hybridized carbons (Fsp3) is 0.632. The van der Waals surface area contributed by atoms with E-state index in [4.69, 9.17) is 4.74 Å². The second-order valence-corrected chi connectivity index (χ2v) is 7.61. The molecule has 6 heteroatoms. The van der Waals surface area contributed by atoms with E-state index in [0.29, 0.717) is 25.4 Å². The van der Waals surface area contributed by atoms with Crippen molar-refractivity contribution in [1.29, 1.82) is 0 Å². The Hall–Kier alpha value is -1.50. The highest BCUT2D eigenvalue weighted by molar-refractivity contribution is 5.78. The average Bonchev–Trinajstić information content (AvgIpc) is 3.23. The van der Waals surface area contributed by atoms with Crippen LogP contribution in [0.4, 0.5) is 4.39 Å². The van der Waals surface area contributed by atoms with Crippen LogP contribution in [0.15, 0.2) is 24.3 Å². The lowest BCUT2D eigenvalue weighted by atomic mass is 9.74. The number of likely N-dealkylation sites (tertiary alicyclic amines) is 1. The van der Waals surface area contributed by atoms with Gasteiger partial charge in [-0.15, -0.1) is 0 Å². The summed E-state index contributed by atoms with van der Waals surface area (Å²) in [5, 5.41) is 12.6. The van der Waals surface area contributed by atoms with E-state index in [1.807, 2.05) is 0 Å². The van der Waals surface area contributed by atoms with Crippen molar-refractivity contribution >= 4 is 5.91 Å². The zero-order chi connectivity index (χ0) is 17.4. The Balaban J connectivity index is 1.24. The minimum atomic E-state index is -0.246. The average molecular weight is 348 g/mol. The van der Waals surface area contributed by atoms with Crippen molar-refractivity contribution < 1.29 is 19.0 Å². The zero-order valence-electron chi connectivity index (χ0n) is 14.3. The molecule has 1 aromatic carbocycles. The summed E-state index contributed by atoms with van der Waals surface area (Å²) in [4.78, 5) is 14.4. The molecule has 3 aliphatic heterocycles. The topological polar surface area (TPSA) is 61.8 Å². The number of halogens is 1. The Morgan fingerprint density at radius 1 is 1.40 bits per heavy atom. The normalized spacial score (nSPS) is 33.6. The van der Waals surface area contributed by atoms with Crippen LogP contribution in [0.5, 0.6) is 0 Å². The second-order valence-electron chi connectivity index (χ2n) is 7.61. The van der Waals surface area contributed by atoms with Gasteiger partial charge in [0, 0.05) is 38.1 Å². The van der Waals surface area contributed by atoms with Crippen LogP contribution in [0, 0.1) is 17.7 Å². The van der Waals surface area contributed by atoms with Gasteiger partial charge < -0.3 is 15.2 Å².